The predicted octanol–water partition coefficient (Wildman–Crippen LogP) is 2.37. The van der Waals surface area contributed by atoms with Crippen LogP contribution < -0.4 is 10.1 Å². The summed E-state index contributed by atoms with van der Waals surface area (Å²) in [5.74, 6) is 0.886. The summed E-state index contributed by atoms with van der Waals surface area (Å²) in [7, 11) is 1.36. The Kier molecular flexibility index (Phi) is 5.93. The van der Waals surface area contributed by atoms with Gasteiger partial charge < -0.3 is 14.8 Å². The largest absolute Gasteiger partial charge is 0.494 e. The summed E-state index contributed by atoms with van der Waals surface area (Å²) >= 11 is 0. The number of hydrogen-bond acceptors (Lipinski definition) is 3. The van der Waals surface area contributed by atoms with Crippen molar-refractivity contribution < 1.29 is 14.3 Å². The second-order valence-corrected chi connectivity index (χ2v) is 3.66. The Balaban J connectivity index is 2.32. The molecule has 0 aliphatic carbocycles. The average molecular weight is 237 g/mol. The fourth-order valence-electron chi connectivity index (χ4n) is 1.35. The molecular formula is C13H19NO3. The van der Waals surface area contributed by atoms with Crippen LogP contribution in [0, 0.1) is 0 Å². The van der Waals surface area contributed by atoms with Crippen LogP contribution in [0.3, 0.4) is 0 Å². The molecule has 1 rings (SSSR count). The Labute approximate surface area is 102 Å². The third kappa shape index (κ3) is 5.24. The molecule has 17 heavy (non-hydrogen) atoms. The zero-order chi connectivity index (χ0) is 12.5. The summed E-state index contributed by atoms with van der Waals surface area (Å²) in [6.45, 7) is 3.39. The van der Waals surface area contributed by atoms with E-state index in [0.29, 0.717) is 6.54 Å². The maximum Gasteiger partial charge on any atom is 0.406 e. The molecule has 0 aromatic heterocycles. The van der Waals surface area contributed by atoms with Gasteiger partial charge in [-0.1, -0.05) is 19.1 Å². The number of nitrogens with one attached hydrogen (secondary N) is 1. The number of alkyl carbamates (subject to hydrolysis) is 1. The van der Waals surface area contributed by atoms with Gasteiger partial charge in [0.15, 0.2) is 0 Å². The van der Waals surface area contributed by atoms with Crippen LogP contribution >= 0.6 is 0 Å². The van der Waals surface area contributed by atoms with Crippen LogP contribution in [-0.2, 0) is 11.2 Å². The fourth-order valence-corrected chi connectivity index (χ4v) is 1.35. The van der Waals surface area contributed by atoms with E-state index in [1.54, 1.807) is 0 Å². The molecule has 1 aromatic carbocycles. The molecule has 1 amide bonds. The molecule has 1 aromatic rings. The Hall–Kier alpha value is -1.71. The van der Waals surface area contributed by atoms with Crippen molar-refractivity contribution in [3.63, 3.8) is 0 Å². The molecule has 0 saturated heterocycles. The molecular weight excluding hydrogens is 218 g/mol. The third-order valence-corrected chi connectivity index (χ3v) is 2.26. The van der Waals surface area contributed by atoms with Crippen LogP contribution in [0.4, 0.5) is 4.79 Å². The van der Waals surface area contributed by atoms with E-state index in [9.17, 15) is 4.79 Å². The number of carbonyl (C=O) groups excluding carboxylic acids is 1. The van der Waals surface area contributed by atoms with E-state index in [4.69, 9.17) is 4.74 Å². The van der Waals surface area contributed by atoms with Gasteiger partial charge in [0.05, 0.1) is 13.7 Å². The molecule has 1 N–H and O–H groups in total. The van der Waals surface area contributed by atoms with Gasteiger partial charge in [-0.3, -0.25) is 0 Å². The Morgan fingerprint density at radius 1 is 1.29 bits per heavy atom. The molecule has 0 unspecified atom stereocenters. The first-order valence-corrected chi connectivity index (χ1v) is 5.79. The predicted molar refractivity (Wildman–Crippen MR) is 66.3 cm³/mol. The lowest BCUT2D eigenvalue weighted by Crippen LogP contribution is -2.25. The number of carbonyl (C=O) groups is 1. The minimum Gasteiger partial charge on any atom is -0.494 e. The van der Waals surface area contributed by atoms with Crippen molar-refractivity contribution in [2.24, 2.45) is 0 Å². The normalized spacial score (nSPS) is 9.76. The summed E-state index contributed by atoms with van der Waals surface area (Å²) in [5, 5.41) is 2.64. The lowest BCUT2D eigenvalue weighted by atomic mass is 10.1. The van der Waals surface area contributed by atoms with Gasteiger partial charge in [-0.05, 0) is 30.5 Å². The third-order valence-electron chi connectivity index (χ3n) is 2.26. The van der Waals surface area contributed by atoms with Gasteiger partial charge in [-0.25, -0.2) is 4.79 Å². The molecule has 0 bridgehead atoms. The lowest BCUT2D eigenvalue weighted by molar-refractivity contribution is 0.171. The van der Waals surface area contributed by atoms with E-state index in [-0.39, 0.29) is 0 Å². The fraction of sp³-hybridized carbons (Fsp3) is 0.462. The van der Waals surface area contributed by atoms with Crippen molar-refractivity contribution in [1.29, 1.82) is 0 Å². The summed E-state index contributed by atoms with van der Waals surface area (Å²) < 4.78 is 9.96. The van der Waals surface area contributed by atoms with Crippen molar-refractivity contribution in [1.82, 2.24) is 5.32 Å². The standard InChI is InChI=1S/C13H19NO3/c1-3-10-17-12-6-4-11(5-7-12)8-9-14-13(15)16-2/h4-7H,3,8-10H2,1-2H3,(H,14,15). The molecule has 4 heteroatoms. The number of ether oxygens (including phenoxy) is 2. The molecule has 0 atom stereocenters. The molecule has 0 spiro atoms. The molecule has 0 radical (unpaired) electrons. The molecule has 0 aliphatic heterocycles. The second kappa shape index (κ2) is 7.54. The average Bonchev–Trinajstić information content (AvgIpc) is 2.37. The van der Waals surface area contributed by atoms with Gasteiger partial charge >= 0.3 is 6.09 Å². The summed E-state index contributed by atoms with van der Waals surface area (Å²) in [6.07, 6.45) is 1.39. The molecule has 0 aliphatic rings. The van der Waals surface area contributed by atoms with Gasteiger partial charge in [0, 0.05) is 6.54 Å². The Bertz CT molecular complexity index is 335. The van der Waals surface area contributed by atoms with Crippen LogP contribution in [-0.4, -0.2) is 26.4 Å². The maximum absolute atomic E-state index is 10.8. The van der Waals surface area contributed by atoms with Crippen LogP contribution in [0.2, 0.25) is 0 Å². The highest BCUT2D eigenvalue weighted by Crippen LogP contribution is 2.12. The minimum absolute atomic E-state index is 0.395. The van der Waals surface area contributed by atoms with Crippen LogP contribution in [0.1, 0.15) is 18.9 Å². The van der Waals surface area contributed by atoms with Crippen molar-refractivity contribution in [2.75, 3.05) is 20.3 Å². The van der Waals surface area contributed by atoms with Crippen LogP contribution in [0.25, 0.3) is 0 Å². The SMILES string of the molecule is CCCOc1ccc(CCNC(=O)OC)cc1. The van der Waals surface area contributed by atoms with Crippen molar-refractivity contribution in [2.45, 2.75) is 19.8 Å². The molecule has 0 heterocycles. The van der Waals surface area contributed by atoms with E-state index < -0.39 is 6.09 Å². The maximum atomic E-state index is 10.8. The van der Waals surface area contributed by atoms with E-state index >= 15 is 0 Å². The van der Waals surface area contributed by atoms with Gasteiger partial charge in [0.25, 0.3) is 0 Å². The first kappa shape index (κ1) is 13.4. The number of methoxy groups -OCH3 is 1. The second-order valence-electron chi connectivity index (χ2n) is 3.66. The molecule has 94 valence electrons. The van der Waals surface area contributed by atoms with Crippen LogP contribution in [0.5, 0.6) is 5.75 Å². The molecule has 0 fully saturated rings. The summed E-state index contributed by atoms with van der Waals surface area (Å²) in [6, 6.07) is 7.90. The van der Waals surface area contributed by atoms with E-state index in [0.717, 1.165) is 30.8 Å². The van der Waals surface area contributed by atoms with Gasteiger partial charge in [-0.15, -0.1) is 0 Å². The van der Waals surface area contributed by atoms with Gasteiger partial charge in [0.2, 0.25) is 0 Å². The minimum atomic E-state index is -0.395. The number of benzene rings is 1. The van der Waals surface area contributed by atoms with Gasteiger partial charge in [-0.2, -0.15) is 0 Å². The lowest BCUT2D eigenvalue weighted by Gasteiger charge is -2.06. The zero-order valence-electron chi connectivity index (χ0n) is 10.4. The molecule has 4 nitrogen and oxygen atoms in total. The topological polar surface area (TPSA) is 47.6 Å². The highest BCUT2D eigenvalue weighted by Gasteiger charge is 1.99. The van der Waals surface area contributed by atoms with Crippen LogP contribution in [0.15, 0.2) is 24.3 Å². The quantitative estimate of drug-likeness (QED) is 0.826. The van der Waals surface area contributed by atoms with E-state index in [1.807, 2.05) is 24.3 Å². The highest BCUT2D eigenvalue weighted by molar-refractivity contribution is 5.66. The highest BCUT2D eigenvalue weighted by atomic mass is 16.5. The van der Waals surface area contributed by atoms with E-state index in [2.05, 4.69) is 17.0 Å². The van der Waals surface area contributed by atoms with E-state index in [1.165, 1.54) is 7.11 Å². The van der Waals surface area contributed by atoms with Crippen molar-refractivity contribution in [3.05, 3.63) is 29.8 Å². The summed E-state index contributed by atoms with van der Waals surface area (Å²) in [4.78, 5) is 10.8. The van der Waals surface area contributed by atoms with Gasteiger partial charge in [0.1, 0.15) is 5.75 Å². The Morgan fingerprint density at radius 2 is 2.00 bits per heavy atom. The first-order chi connectivity index (χ1) is 8.26. The van der Waals surface area contributed by atoms with Crippen molar-refractivity contribution >= 4 is 6.09 Å². The number of hydrogen-bond donors (Lipinski definition) is 1. The number of amides is 1. The summed E-state index contributed by atoms with van der Waals surface area (Å²) in [5.41, 5.74) is 1.16. The smallest absolute Gasteiger partial charge is 0.406 e. The Morgan fingerprint density at radius 3 is 2.59 bits per heavy atom. The van der Waals surface area contributed by atoms with Crippen molar-refractivity contribution in [3.8, 4) is 5.75 Å². The number of rotatable bonds is 6. The zero-order valence-corrected chi connectivity index (χ0v) is 10.4. The molecule has 0 saturated carbocycles. The first-order valence-electron chi connectivity index (χ1n) is 5.79. The monoisotopic (exact) mass is 237 g/mol.